The molecule has 39 heavy (non-hydrogen) atoms. The summed E-state index contributed by atoms with van der Waals surface area (Å²) in [6.45, 7) is 6.84. The van der Waals surface area contributed by atoms with Crippen LogP contribution in [0.25, 0.3) is 5.69 Å². The van der Waals surface area contributed by atoms with E-state index in [2.05, 4.69) is 39.6 Å². The number of nitrogens with one attached hydrogen (secondary N) is 2. The van der Waals surface area contributed by atoms with E-state index in [9.17, 15) is 9.59 Å². The fraction of sp³-hybridized carbons (Fsp3) is 0.452. The van der Waals surface area contributed by atoms with Crippen molar-refractivity contribution in [2.75, 3.05) is 32.1 Å². The van der Waals surface area contributed by atoms with Crippen LogP contribution in [0.2, 0.25) is 0 Å². The summed E-state index contributed by atoms with van der Waals surface area (Å²) in [6.07, 6.45) is 7.67. The highest BCUT2D eigenvalue weighted by molar-refractivity contribution is 5.95. The average molecular weight is 530 g/mol. The number of aryl methyl sites for hydroxylation is 1. The zero-order chi connectivity index (χ0) is 27.4. The van der Waals surface area contributed by atoms with Crippen LogP contribution in [0, 0.1) is 12.8 Å². The highest BCUT2D eigenvalue weighted by Gasteiger charge is 2.30. The quantitative estimate of drug-likeness (QED) is 0.384. The molecule has 2 heterocycles. The SMILES string of the molecule is COC[C@@H]1CCCN1C[C@H](C)[C@@H](Nc1nccn(-c2cc(C(=O)NC3CC3)ccc2C)c1=O)c1ccccc1. The van der Waals surface area contributed by atoms with Crippen molar-refractivity contribution in [3.05, 3.63) is 88.0 Å². The van der Waals surface area contributed by atoms with Gasteiger partial charge in [0.05, 0.1) is 18.3 Å². The van der Waals surface area contributed by atoms with E-state index in [1.165, 1.54) is 6.42 Å². The molecule has 1 saturated heterocycles. The van der Waals surface area contributed by atoms with E-state index in [0.29, 0.717) is 23.1 Å². The van der Waals surface area contributed by atoms with Gasteiger partial charge in [-0.15, -0.1) is 0 Å². The van der Waals surface area contributed by atoms with Crippen LogP contribution in [0.15, 0.2) is 65.7 Å². The number of methoxy groups -OCH3 is 1. The number of carbonyl (C=O) groups is 1. The van der Waals surface area contributed by atoms with Gasteiger partial charge in [0, 0.05) is 43.7 Å². The second-order valence-corrected chi connectivity index (χ2v) is 11.0. The van der Waals surface area contributed by atoms with Crippen molar-refractivity contribution >= 4 is 11.7 Å². The third-order valence-electron chi connectivity index (χ3n) is 7.88. The lowest BCUT2D eigenvalue weighted by Gasteiger charge is -2.32. The second kappa shape index (κ2) is 12.1. The molecule has 1 aliphatic heterocycles. The molecule has 2 N–H and O–H groups in total. The van der Waals surface area contributed by atoms with Crippen LogP contribution in [-0.4, -0.2) is 59.2 Å². The fourth-order valence-electron chi connectivity index (χ4n) is 5.56. The zero-order valence-corrected chi connectivity index (χ0v) is 23.1. The molecule has 0 bridgehead atoms. The van der Waals surface area contributed by atoms with Gasteiger partial charge in [-0.3, -0.25) is 19.1 Å². The van der Waals surface area contributed by atoms with Gasteiger partial charge in [0.15, 0.2) is 5.82 Å². The number of hydrogen-bond donors (Lipinski definition) is 2. The molecule has 8 nitrogen and oxygen atoms in total. The molecule has 1 saturated carbocycles. The lowest BCUT2D eigenvalue weighted by atomic mass is 9.93. The standard InChI is InChI=1S/C31H39N5O3/c1-21-11-12-24(30(37)33-25-13-14-25)18-27(21)36-17-15-32-29(31(36)38)34-28(23-8-5-4-6-9-23)22(2)19-35-16-7-10-26(35)20-39-3/h4-6,8-9,11-12,15,17-18,22,25-26,28H,7,10,13-14,16,19-20H2,1-3H3,(H,32,34)(H,33,37)/t22-,26-,28+/m0/s1. The van der Waals surface area contributed by atoms with Gasteiger partial charge in [0.25, 0.3) is 11.5 Å². The minimum Gasteiger partial charge on any atom is -0.383 e. The number of carbonyl (C=O) groups excluding carboxylic acids is 1. The number of amides is 1. The summed E-state index contributed by atoms with van der Waals surface area (Å²) in [4.78, 5) is 33.4. The summed E-state index contributed by atoms with van der Waals surface area (Å²) < 4.78 is 7.05. The molecule has 0 radical (unpaired) electrons. The Balaban J connectivity index is 1.42. The lowest BCUT2D eigenvalue weighted by molar-refractivity contribution is 0.0951. The molecule has 2 aromatic carbocycles. The van der Waals surface area contributed by atoms with Crippen LogP contribution in [0.1, 0.15) is 60.1 Å². The van der Waals surface area contributed by atoms with Gasteiger partial charge in [-0.2, -0.15) is 0 Å². The van der Waals surface area contributed by atoms with E-state index in [4.69, 9.17) is 4.74 Å². The maximum atomic E-state index is 13.8. The summed E-state index contributed by atoms with van der Waals surface area (Å²) >= 11 is 0. The van der Waals surface area contributed by atoms with Crippen LogP contribution in [0.3, 0.4) is 0 Å². The number of anilines is 1. The number of likely N-dealkylation sites (tertiary alicyclic amines) is 1. The molecule has 3 atom stereocenters. The maximum Gasteiger partial charge on any atom is 0.297 e. The third-order valence-corrected chi connectivity index (χ3v) is 7.88. The molecule has 1 aromatic heterocycles. The predicted octanol–water partition coefficient (Wildman–Crippen LogP) is 4.33. The zero-order valence-electron chi connectivity index (χ0n) is 23.1. The molecule has 1 amide bonds. The number of benzene rings is 2. The van der Waals surface area contributed by atoms with E-state index < -0.39 is 0 Å². The van der Waals surface area contributed by atoms with E-state index >= 15 is 0 Å². The summed E-state index contributed by atoms with van der Waals surface area (Å²) in [5.41, 5.74) is 3.00. The van der Waals surface area contributed by atoms with E-state index in [0.717, 1.165) is 50.1 Å². The van der Waals surface area contributed by atoms with Gasteiger partial charge in [0.1, 0.15) is 0 Å². The van der Waals surface area contributed by atoms with Crippen LogP contribution in [-0.2, 0) is 4.74 Å². The first-order valence-corrected chi connectivity index (χ1v) is 14.0. The minimum absolute atomic E-state index is 0.106. The van der Waals surface area contributed by atoms with E-state index in [1.54, 1.807) is 30.1 Å². The molecular weight excluding hydrogens is 490 g/mol. The first-order chi connectivity index (χ1) is 18.9. The second-order valence-electron chi connectivity index (χ2n) is 11.0. The molecule has 2 fully saturated rings. The summed E-state index contributed by atoms with van der Waals surface area (Å²) in [5.74, 6) is 0.391. The fourth-order valence-corrected chi connectivity index (χ4v) is 5.56. The average Bonchev–Trinajstić information content (AvgIpc) is 3.66. The van der Waals surface area contributed by atoms with E-state index in [1.807, 2.05) is 37.3 Å². The Hall–Kier alpha value is -3.49. The summed E-state index contributed by atoms with van der Waals surface area (Å²) in [7, 11) is 1.76. The Morgan fingerprint density at radius 3 is 2.69 bits per heavy atom. The van der Waals surface area contributed by atoms with Crippen LogP contribution in [0.5, 0.6) is 0 Å². The molecular formula is C31H39N5O3. The molecule has 206 valence electrons. The van der Waals surface area contributed by atoms with Crippen molar-refractivity contribution in [1.82, 2.24) is 19.8 Å². The molecule has 0 spiro atoms. The van der Waals surface area contributed by atoms with Crippen molar-refractivity contribution < 1.29 is 9.53 Å². The van der Waals surface area contributed by atoms with Crippen molar-refractivity contribution in [1.29, 1.82) is 0 Å². The number of aromatic nitrogens is 2. The van der Waals surface area contributed by atoms with Crippen molar-refractivity contribution in [2.45, 2.75) is 57.7 Å². The molecule has 3 aromatic rings. The Labute approximate surface area is 230 Å². The van der Waals surface area contributed by atoms with Crippen molar-refractivity contribution in [2.24, 2.45) is 5.92 Å². The van der Waals surface area contributed by atoms with Crippen molar-refractivity contribution in [3.63, 3.8) is 0 Å². The number of nitrogens with zero attached hydrogens (tertiary/aromatic N) is 3. The highest BCUT2D eigenvalue weighted by Crippen LogP contribution is 2.29. The smallest absolute Gasteiger partial charge is 0.297 e. The molecule has 5 rings (SSSR count). The van der Waals surface area contributed by atoms with Crippen molar-refractivity contribution in [3.8, 4) is 5.69 Å². The van der Waals surface area contributed by atoms with Gasteiger partial charge in [-0.1, -0.05) is 43.3 Å². The van der Waals surface area contributed by atoms with Crippen LogP contribution in [0.4, 0.5) is 5.82 Å². The molecule has 1 aliphatic carbocycles. The first-order valence-electron chi connectivity index (χ1n) is 14.0. The molecule has 0 unspecified atom stereocenters. The van der Waals surface area contributed by atoms with Gasteiger partial charge in [0.2, 0.25) is 0 Å². The number of ether oxygens (including phenoxy) is 1. The number of hydrogen-bond acceptors (Lipinski definition) is 6. The Morgan fingerprint density at radius 2 is 1.95 bits per heavy atom. The third kappa shape index (κ3) is 6.40. The highest BCUT2D eigenvalue weighted by atomic mass is 16.5. The maximum absolute atomic E-state index is 13.8. The lowest BCUT2D eigenvalue weighted by Crippen LogP contribution is -2.39. The monoisotopic (exact) mass is 529 g/mol. The van der Waals surface area contributed by atoms with Crippen LogP contribution < -0.4 is 16.2 Å². The van der Waals surface area contributed by atoms with Gasteiger partial charge in [-0.05, 0) is 68.3 Å². The van der Waals surface area contributed by atoms with Gasteiger partial charge < -0.3 is 15.4 Å². The topological polar surface area (TPSA) is 88.5 Å². The predicted molar refractivity (Wildman–Crippen MR) is 153 cm³/mol. The first kappa shape index (κ1) is 27.1. The Bertz CT molecular complexity index is 1340. The largest absolute Gasteiger partial charge is 0.383 e. The Kier molecular flexibility index (Phi) is 8.43. The molecule has 8 heteroatoms. The van der Waals surface area contributed by atoms with Gasteiger partial charge in [-0.25, -0.2) is 4.98 Å². The Morgan fingerprint density at radius 1 is 1.15 bits per heavy atom. The summed E-state index contributed by atoms with van der Waals surface area (Å²) in [5, 5.41) is 6.53. The molecule has 2 aliphatic rings. The minimum atomic E-state index is -0.244. The van der Waals surface area contributed by atoms with E-state index in [-0.39, 0.29) is 29.5 Å². The summed E-state index contributed by atoms with van der Waals surface area (Å²) in [6, 6.07) is 16.3. The van der Waals surface area contributed by atoms with Crippen LogP contribution >= 0.6 is 0 Å². The van der Waals surface area contributed by atoms with Gasteiger partial charge >= 0.3 is 0 Å². The normalized spacial score (nSPS) is 19.0. The number of rotatable bonds is 11.